The van der Waals surface area contributed by atoms with Gasteiger partial charge in [0.05, 0.1) is 0 Å². The third kappa shape index (κ3) is 8.90. The van der Waals surface area contributed by atoms with Crippen molar-refractivity contribution in [3.8, 4) is 11.5 Å². The van der Waals surface area contributed by atoms with E-state index >= 15 is 0 Å². The highest BCUT2D eigenvalue weighted by Gasteiger charge is 2.19. The Morgan fingerprint density at radius 3 is 2.32 bits per heavy atom. The fourth-order valence-electron chi connectivity index (χ4n) is 1.78. The van der Waals surface area contributed by atoms with Crippen LogP contribution in [0.4, 0.5) is 0 Å². The summed E-state index contributed by atoms with van der Waals surface area (Å²) in [6, 6.07) is 5.20. The molecule has 0 aliphatic carbocycles. The standard InChI is InChI=1S/C19H26O5Si/c1-14(2)11-12-22-19(21)10-8-16-7-9-17(24-25(4,5)6)18(13-16)23-15(3)20/h7-11,13H,12H2,1-6H3/b10-8+. The van der Waals surface area contributed by atoms with Crippen LogP contribution in [0.25, 0.3) is 6.08 Å². The first-order chi connectivity index (χ1) is 11.6. The maximum atomic E-state index is 11.7. The summed E-state index contributed by atoms with van der Waals surface area (Å²) >= 11 is 0. The summed E-state index contributed by atoms with van der Waals surface area (Å²) in [7, 11) is -1.85. The maximum absolute atomic E-state index is 11.7. The van der Waals surface area contributed by atoms with Gasteiger partial charge in [0.2, 0.25) is 8.32 Å². The lowest BCUT2D eigenvalue weighted by Crippen LogP contribution is -2.29. The summed E-state index contributed by atoms with van der Waals surface area (Å²) in [5.74, 6) is 0.00397. The van der Waals surface area contributed by atoms with Gasteiger partial charge in [-0.05, 0) is 63.3 Å². The van der Waals surface area contributed by atoms with Gasteiger partial charge in [0, 0.05) is 13.0 Å². The first-order valence-corrected chi connectivity index (χ1v) is 11.5. The molecule has 1 aromatic carbocycles. The molecule has 0 aliphatic heterocycles. The first-order valence-electron chi connectivity index (χ1n) is 8.06. The molecule has 0 saturated heterocycles. The normalized spacial score (nSPS) is 11.1. The molecule has 25 heavy (non-hydrogen) atoms. The Labute approximate surface area is 150 Å². The Kier molecular flexibility index (Phi) is 7.64. The Bertz CT molecular complexity index is 680. The van der Waals surface area contributed by atoms with Crippen LogP contribution in [0.3, 0.4) is 0 Å². The molecule has 0 bridgehead atoms. The largest absolute Gasteiger partial charge is 0.542 e. The highest BCUT2D eigenvalue weighted by molar-refractivity contribution is 6.70. The minimum absolute atomic E-state index is 0.243. The molecule has 0 aliphatic rings. The van der Waals surface area contributed by atoms with Gasteiger partial charge in [0.1, 0.15) is 12.4 Å². The lowest BCUT2D eigenvalue weighted by molar-refractivity contribution is -0.136. The highest BCUT2D eigenvalue weighted by atomic mass is 28.4. The highest BCUT2D eigenvalue weighted by Crippen LogP contribution is 2.31. The number of carbonyl (C=O) groups excluding carboxylic acids is 2. The Morgan fingerprint density at radius 2 is 1.76 bits per heavy atom. The number of rotatable bonds is 7. The number of benzene rings is 1. The molecular weight excluding hydrogens is 336 g/mol. The summed E-state index contributed by atoms with van der Waals surface area (Å²) in [4.78, 5) is 23.0. The van der Waals surface area contributed by atoms with Crippen molar-refractivity contribution in [1.29, 1.82) is 0 Å². The summed E-state index contributed by atoms with van der Waals surface area (Å²) in [6.07, 6.45) is 4.77. The van der Waals surface area contributed by atoms with E-state index in [4.69, 9.17) is 13.9 Å². The van der Waals surface area contributed by atoms with Gasteiger partial charge in [0.25, 0.3) is 0 Å². The summed E-state index contributed by atoms with van der Waals surface area (Å²) in [6.45, 7) is 11.6. The monoisotopic (exact) mass is 362 g/mol. The van der Waals surface area contributed by atoms with Crippen molar-refractivity contribution >= 4 is 26.3 Å². The molecule has 0 atom stereocenters. The average Bonchev–Trinajstić information content (AvgIpc) is 2.45. The van der Waals surface area contributed by atoms with E-state index in [9.17, 15) is 9.59 Å². The molecule has 6 heteroatoms. The van der Waals surface area contributed by atoms with Gasteiger partial charge < -0.3 is 13.9 Å². The number of hydrogen-bond donors (Lipinski definition) is 0. The molecular formula is C19H26O5Si. The molecule has 1 rings (SSSR count). The molecule has 1 aromatic rings. The molecule has 0 amide bonds. The second-order valence-electron chi connectivity index (χ2n) is 6.76. The molecule has 0 N–H and O–H groups in total. The number of allylic oxidation sites excluding steroid dienone is 1. The van der Waals surface area contributed by atoms with Gasteiger partial charge in [-0.2, -0.15) is 0 Å². The van der Waals surface area contributed by atoms with Crippen LogP contribution in [0, 0.1) is 0 Å². The minimum atomic E-state index is -1.85. The van der Waals surface area contributed by atoms with Crippen molar-refractivity contribution in [2.24, 2.45) is 0 Å². The minimum Gasteiger partial charge on any atom is -0.542 e. The predicted octanol–water partition coefficient (Wildman–Crippen LogP) is 4.35. The quantitative estimate of drug-likeness (QED) is 0.237. The van der Waals surface area contributed by atoms with E-state index in [-0.39, 0.29) is 6.61 Å². The third-order valence-electron chi connectivity index (χ3n) is 2.77. The van der Waals surface area contributed by atoms with Crippen molar-refractivity contribution in [3.05, 3.63) is 41.5 Å². The van der Waals surface area contributed by atoms with Crippen LogP contribution in [-0.4, -0.2) is 26.9 Å². The molecule has 0 unspecified atom stereocenters. The number of hydrogen-bond acceptors (Lipinski definition) is 5. The molecule has 0 radical (unpaired) electrons. The Morgan fingerprint density at radius 1 is 1.08 bits per heavy atom. The van der Waals surface area contributed by atoms with E-state index in [1.165, 1.54) is 13.0 Å². The molecule has 0 spiro atoms. The van der Waals surface area contributed by atoms with E-state index in [0.717, 1.165) is 5.57 Å². The molecule has 5 nitrogen and oxygen atoms in total. The van der Waals surface area contributed by atoms with E-state index in [1.54, 1.807) is 24.3 Å². The molecule has 136 valence electrons. The van der Waals surface area contributed by atoms with Gasteiger partial charge in [-0.1, -0.05) is 11.6 Å². The van der Waals surface area contributed by atoms with E-state index in [2.05, 4.69) is 0 Å². The molecule has 0 aromatic heterocycles. The first kappa shape index (κ1) is 20.7. The van der Waals surface area contributed by atoms with Gasteiger partial charge >= 0.3 is 11.9 Å². The second kappa shape index (κ2) is 9.22. The zero-order valence-corrected chi connectivity index (χ0v) is 16.7. The Balaban J connectivity index is 2.90. The summed E-state index contributed by atoms with van der Waals surface area (Å²) in [5.41, 5.74) is 1.79. The van der Waals surface area contributed by atoms with Crippen molar-refractivity contribution in [3.63, 3.8) is 0 Å². The van der Waals surface area contributed by atoms with Crippen molar-refractivity contribution in [1.82, 2.24) is 0 Å². The number of ether oxygens (including phenoxy) is 2. The van der Waals surface area contributed by atoms with Crippen molar-refractivity contribution in [2.45, 2.75) is 40.4 Å². The number of esters is 2. The van der Waals surface area contributed by atoms with Crippen LogP contribution in [0.2, 0.25) is 19.6 Å². The smallest absolute Gasteiger partial charge is 0.331 e. The molecule has 0 saturated carbocycles. The van der Waals surface area contributed by atoms with Crippen LogP contribution in [0.15, 0.2) is 35.9 Å². The zero-order chi connectivity index (χ0) is 19.0. The average molecular weight is 362 g/mol. The van der Waals surface area contributed by atoms with E-state index in [1.807, 2.05) is 39.6 Å². The van der Waals surface area contributed by atoms with Crippen LogP contribution in [0.5, 0.6) is 11.5 Å². The van der Waals surface area contributed by atoms with Crippen molar-refractivity contribution < 1.29 is 23.5 Å². The van der Waals surface area contributed by atoms with Crippen LogP contribution < -0.4 is 9.16 Å². The van der Waals surface area contributed by atoms with E-state index in [0.29, 0.717) is 17.1 Å². The SMILES string of the molecule is CC(=O)Oc1cc(/C=C/C(=O)OCC=C(C)C)ccc1O[Si](C)(C)C. The lowest BCUT2D eigenvalue weighted by Gasteiger charge is -2.21. The van der Waals surface area contributed by atoms with Crippen LogP contribution in [0.1, 0.15) is 26.3 Å². The third-order valence-corrected chi connectivity index (χ3v) is 3.60. The zero-order valence-electron chi connectivity index (χ0n) is 15.7. The fourth-order valence-corrected chi connectivity index (χ4v) is 2.61. The molecule has 0 fully saturated rings. The van der Waals surface area contributed by atoms with Crippen LogP contribution in [-0.2, 0) is 14.3 Å². The fraction of sp³-hybridized carbons (Fsp3) is 0.368. The van der Waals surface area contributed by atoms with Gasteiger partial charge in [-0.15, -0.1) is 0 Å². The summed E-state index contributed by atoms with van der Waals surface area (Å²) in [5, 5.41) is 0. The maximum Gasteiger partial charge on any atom is 0.331 e. The molecule has 0 heterocycles. The van der Waals surface area contributed by atoms with E-state index < -0.39 is 20.3 Å². The van der Waals surface area contributed by atoms with Crippen molar-refractivity contribution in [2.75, 3.05) is 6.61 Å². The Hall–Kier alpha value is -2.34. The van der Waals surface area contributed by atoms with Gasteiger partial charge in [-0.3, -0.25) is 4.79 Å². The lowest BCUT2D eigenvalue weighted by atomic mass is 10.2. The summed E-state index contributed by atoms with van der Waals surface area (Å²) < 4.78 is 16.2. The topological polar surface area (TPSA) is 61.8 Å². The predicted molar refractivity (Wildman–Crippen MR) is 101 cm³/mol. The number of carbonyl (C=O) groups is 2. The van der Waals surface area contributed by atoms with Gasteiger partial charge in [-0.25, -0.2) is 4.79 Å². The van der Waals surface area contributed by atoms with Gasteiger partial charge in [0.15, 0.2) is 5.75 Å². The van der Waals surface area contributed by atoms with Crippen LogP contribution >= 0.6 is 0 Å². The second-order valence-corrected chi connectivity index (χ2v) is 11.2.